The number of hydrogen-bond acceptors (Lipinski definition) is 0. The van der Waals surface area contributed by atoms with Gasteiger partial charge in [-0.3, -0.25) is 0 Å². The van der Waals surface area contributed by atoms with E-state index in [4.69, 9.17) is 0 Å². The molecule has 0 fully saturated rings. The maximum absolute atomic E-state index is 3.62. The number of rotatable bonds is 0. The van der Waals surface area contributed by atoms with Crippen molar-refractivity contribution >= 4 is 117 Å². The van der Waals surface area contributed by atoms with Gasteiger partial charge in [0.25, 0.3) is 0 Å². The molecule has 19 heavy (non-hydrogen) atoms. The Morgan fingerprint density at radius 1 is 0.579 bits per heavy atom. The van der Waals surface area contributed by atoms with Crippen LogP contribution in [0.1, 0.15) is 0 Å². The summed E-state index contributed by atoms with van der Waals surface area (Å²) < 4.78 is 6.05. The maximum atomic E-state index is 3.62. The van der Waals surface area contributed by atoms with Crippen LogP contribution in [0.3, 0.4) is 0 Å². The summed E-state index contributed by atoms with van der Waals surface area (Å²) in [5, 5.41) is 2.32. The van der Waals surface area contributed by atoms with E-state index in [0.717, 1.165) is 48.6 Å². The predicted octanol–water partition coefficient (Wildman–Crippen LogP) is 7.90. The van der Waals surface area contributed by atoms with Gasteiger partial charge in [0.05, 0.1) is 20.0 Å². The van der Waals surface area contributed by atoms with Crippen molar-refractivity contribution in [2.45, 2.75) is 0 Å². The first-order valence-corrected chi connectivity index (χ1v) is 9.80. The smallest absolute Gasteiger partial charge is 0.0621 e. The van der Waals surface area contributed by atoms with Crippen LogP contribution in [-0.2, 0) is 0 Å². The molecule has 0 saturated heterocycles. The number of halogens is 6. The van der Waals surface area contributed by atoms with Gasteiger partial charge in [-0.05, 0) is 108 Å². The second kappa shape index (κ2) is 5.39. The normalized spacial score (nSPS) is 11.7. The third-order valence-electron chi connectivity index (χ3n) is 2.86. The molecule has 98 valence electrons. The number of aromatic nitrogens is 1. The Hall–Kier alpha value is 1.12. The Kier molecular flexibility index (Phi) is 4.27. The van der Waals surface area contributed by atoms with Crippen molar-refractivity contribution in [3.05, 3.63) is 39.0 Å². The fourth-order valence-corrected chi connectivity index (χ4v) is 5.05. The maximum Gasteiger partial charge on any atom is 0.0621 e. The largest absolute Gasteiger partial charge is 0.353 e. The van der Waals surface area contributed by atoms with Gasteiger partial charge in [-0.2, -0.15) is 0 Å². The van der Waals surface area contributed by atoms with Gasteiger partial charge in [-0.15, -0.1) is 0 Å². The predicted molar refractivity (Wildman–Crippen MR) is 102 cm³/mol. The highest BCUT2D eigenvalue weighted by molar-refractivity contribution is 9.15. The fourth-order valence-electron chi connectivity index (χ4n) is 1.98. The lowest BCUT2D eigenvalue weighted by Gasteiger charge is -2.02. The van der Waals surface area contributed by atoms with Crippen LogP contribution in [0.5, 0.6) is 0 Å². The summed E-state index contributed by atoms with van der Waals surface area (Å²) in [4.78, 5) is 3.46. The van der Waals surface area contributed by atoms with Gasteiger partial charge in [0.15, 0.2) is 0 Å². The minimum atomic E-state index is 1.00. The molecule has 0 unspecified atom stereocenters. The molecule has 0 radical (unpaired) electrons. The molecule has 3 aromatic rings. The molecule has 0 atom stereocenters. The van der Waals surface area contributed by atoms with Gasteiger partial charge < -0.3 is 4.98 Å². The summed E-state index contributed by atoms with van der Waals surface area (Å²) in [6.07, 6.45) is 0. The summed E-state index contributed by atoms with van der Waals surface area (Å²) in [6.45, 7) is 0. The van der Waals surface area contributed by atoms with Crippen LogP contribution in [0.4, 0.5) is 0 Å². The molecule has 0 amide bonds. The van der Waals surface area contributed by atoms with Crippen molar-refractivity contribution in [2.24, 2.45) is 0 Å². The fraction of sp³-hybridized carbons (Fsp3) is 0. The molecule has 0 bridgehead atoms. The average Bonchev–Trinajstić information content (AvgIpc) is 2.73. The number of aromatic amines is 1. The SMILES string of the molecule is Brc1cc2c([nH]c3c(Br)c(Br)c(Br)cc32)c(Br)c1Br. The molecule has 1 aromatic heterocycles. The molecular weight excluding hydrogens is 638 g/mol. The molecule has 0 aliphatic rings. The molecule has 7 heteroatoms. The van der Waals surface area contributed by atoms with Crippen LogP contribution in [0.15, 0.2) is 39.0 Å². The number of H-pyrrole nitrogens is 1. The highest BCUT2D eigenvalue weighted by Gasteiger charge is 2.16. The Morgan fingerprint density at radius 2 is 0.947 bits per heavy atom. The Morgan fingerprint density at radius 3 is 1.32 bits per heavy atom. The molecule has 1 nitrogen and oxygen atoms in total. The highest BCUT2D eigenvalue weighted by atomic mass is 79.9. The summed E-state index contributed by atoms with van der Waals surface area (Å²) in [5.41, 5.74) is 2.13. The van der Waals surface area contributed by atoms with Crippen LogP contribution in [0, 0.1) is 0 Å². The molecule has 1 heterocycles. The summed E-state index contributed by atoms with van der Waals surface area (Å²) >= 11 is 21.5. The Balaban J connectivity index is 2.61. The highest BCUT2D eigenvalue weighted by Crippen LogP contribution is 2.44. The average molecular weight is 641 g/mol. The lowest BCUT2D eigenvalue weighted by Crippen LogP contribution is -1.76. The van der Waals surface area contributed by atoms with Crippen molar-refractivity contribution in [1.29, 1.82) is 0 Å². The lowest BCUT2D eigenvalue weighted by molar-refractivity contribution is 1.48. The van der Waals surface area contributed by atoms with Crippen molar-refractivity contribution in [3.63, 3.8) is 0 Å². The topological polar surface area (TPSA) is 15.8 Å². The second-order valence-corrected chi connectivity index (χ2v) is 8.82. The molecule has 0 saturated carbocycles. The zero-order chi connectivity index (χ0) is 13.9. The summed E-state index contributed by atoms with van der Waals surface area (Å²) in [7, 11) is 0. The number of benzene rings is 2. The number of fused-ring (bicyclic) bond motifs is 3. The minimum Gasteiger partial charge on any atom is -0.353 e. The summed E-state index contributed by atoms with van der Waals surface area (Å²) in [6, 6.07) is 4.21. The van der Waals surface area contributed by atoms with Crippen LogP contribution in [0.2, 0.25) is 0 Å². The standard InChI is InChI=1S/C12H3Br6N/c13-5-1-3-4-2-6(14)8(16)10(18)12(4)19-11(3)9(17)7(5)15/h1-2,19H. The molecule has 3 rings (SSSR count). The van der Waals surface area contributed by atoms with Gasteiger partial charge in [0.2, 0.25) is 0 Å². The summed E-state index contributed by atoms with van der Waals surface area (Å²) in [5.74, 6) is 0. The number of nitrogens with one attached hydrogen (secondary N) is 1. The molecule has 0 aliphatic carbocycles. The van der Waals surface area contributed by atoms with Crippen molar-refractivity contribution in [2.75, 3.05) is 0 Å². The van der Waals surface area contributed by atoms with E-state index in [2.05, 4.69) is 113 Å². The van der Waals surface area contributed by atoms with E-state index in [0.29, 0.717) is 0 Å². The first kappa shape index (κ1) is 15.0. The molecule has 0 spiro atoms. The van der Waals surface area contributed by atoms with Crippen LogP contribution in [0.25, 0.3) is 21.8 Å². The Labute approximate surface area is 159 Å². The van der Waals surface area contributed by atoms with Crippen LogP contribution >= 0.6 is 95.6 Å². The van der Waals surface area contributed by atoms with Gasteiger partial charge in [-0.25, -0.2) is 0 Å². The van der Waals surface area contributed by atoms with Crippen molar-refractivity contribution in [3.8, 4) is 0 Å². The van der Waals surface area contributed by atoms with E-state index >= 15 is 0 Å². The zero-order valence-corrected chi connectivity index (χ0v) is 18.4. The van der Waals surface area contributed by atoms with Crippen molar-refractivity contribution in [1.82, 2.24) is 4.98 Å². The molecule has 0 aliphatic heterocycles. The van der Waals surface area contributed by atoms with Gasteiger partial charge in [0, 0.05) is 28.7 Å². The van der Waals surface area contributed by atoms with Crippen molar-refractivity contribution < 1.29 is 0 Å². The van der Waals surface area contributed by atoms with Crippen LogP contribution < -0.4 is 0 Å². The Bertz CT molecular complexity index is 767. The van der Waals surface area contributed by atoms with Gasteiger partial charge in [-0.1, -0.05) is 0 Å². The molecular formula is C12H3Br6N. The molecule has 2 aromatic carbocycles. The second-order valence-electron chi connectivity index (χ2n) is 3.94. The minimum absolute atomic E-state index is 1.00. The van der Waals surface area contributed by atoms with E-state index in [1.54, 1.807) is 0 Å². The first-order valence-electron chi connectivity index (χ1n) is 5.04. The van der Waals surface area contributed by atoms with Gasteiger partial charge >= 0.3 is 0 Å². The zero-order valence-electron chi connectivity index (χ0n) is 8.92. The lowest BCUT2D eigenvalue weighted by atomic mass is 10.1. The quantitative estimate of drug-likeness (QED) is 0.241. The molecule has 1 N–H and O–H groups in total. The van der Waals surface area contributed by atoms with E-state index in [9.17, 15) is 0 Å². The van der Waals surface area contributed by atoms with E-state index in [1.165, 1.54) is 0 Å². The van der Waals surface area contributed by atoms with E-state index in [-0.39, 0.29) is 0 Å². The monoisotopic (exact) mass is 635 g/mol. The third kappa shape index (κ3) is 2.32. The van der Waals surface area contributed by atoms with Gasteiger partial charge in [0.1, 0.15) is 0 Å². The number of hydrogen-bond donors (Lipinski definition) is 1. The van der Waals surface area contributed by atoms with E-state index in [1.807, 2.05) is 0 Å². The third-order valence-corrected chi connectivity index (χ3v) is 9.48. The van der Waals surface area contributed by atoms with E-state index < -0.39 is 0 Å². The first-order chi connectivity index (χ1) is 8.91. The van der Waals surface area contributed by atoms with Crippen LogP contribution in [-0.4, -0.2) is 4.98 Å².